The molecule has 3 heteroatoms. The number of rotatable bonds is 7. The van der Waals surface area contributed by atoms with Gasteiger partial charge in [-0.25, -0.2) is 0 Å². The van der Waals surface area contributed by atoms with Crippen LogP contribution in [0.5, 0.6) is 11.5 Å². The van der Waals surface area contributed by atoms with E-state index in [9.17, 15) is 0 Å². The van der Waals surface area contributed by atoms with Gasteiger partial charge in [0.05, 0.1) is 20.3 Å². The van der Waals surface area contributed by atoms with Gasteiger partial charge in [-0.15, -0.1) is 0 Å². The van der Waals surface area contributed by atoms with Crippen LogP contribution in [0.3, 0.4) is 0 Å². The van der Waals surface area contributed by atoms with E-state index in [-0.39, 0.29) is 6.10 Å². The summed E-state index contributed by atoms with van der Waals surface area (Å²) in [5.41, 5.74) is 3.65. The Labute approximate surface area is 167 Å². The summed E-state index contributed by atoms with van der Waals surface area (Å²) in [7, 11) is 3.35. The molecule has 3 aromatic carbocycles. The van der Waals surface area contributed by atoms with Crippen molar-refractivity contribution >= 4 is 0 Å². The molecule has 3 nitrogen and oxygen atoms in total. The van der Waals surface area contributed by atoms with Gasteiger partial charge in [-0.2, -0.15) is 0 Å². The maximum absolute atomic E-state index is 6.72. The molecule has 3 rings (SSSR count). The normalized spacial score (nSPS) is 11.5. The number of benzene rings is 3. The van der Waals surface area contributed by atoms with Crippen molar-refractivity contribution in [1.29, 1.82) is 0 Å². The zero-order chi connectivity index (χ0) is 20.1. The number of ether oxygens (including phenoxy) is 3. The Kier molecular flexibility index (Phi) is 6.05. The Morgan fingerprint density at radius 2 is 1.18 bits per heavy atom. The lowest BCUT2D eigenvalue weighted by Gasteiger charge is -2.38. The van der Waals surface area contributed by atoms with E-state index in [2.05, 4.69) is 69.3 Å². The molecule has 0 fully saturated rings. The van der Waals surface area contributed by atoms with E-state index in [4.69, 9.17) is 14.2 Å². The van der Waals surface area contributed by atoms with Crippen molar-refractivity contribution in [3.8, 4) is 11.5 Å². The van der Waals surface area contributed by atoms with Crippen LogP contribution >= 0.6 is 0 Å². The summed E-state index contributed by atoms with van der Waals surface area (Å²) in [4.78, 5) is 0. The van der Waals surface area contributed by atoms with E-state index in [0.717, 1.165) is 28.2 Å². The van der Waals surface area contributed by atoms with Crippen LogP contribution in [-0.2, 0) is 10.3 Å². The third-order valence-electron chi connectivity index (χ3n) is 4.83. The molecule has 0 aliphatic rings. The Morgan fingerprint density at radius 1 is 0.679 bits per heavy atom. The smallest absolute Gasteiger partial charge is 0.144 e. The molecule has 146 valence electrons. The van der Waals surface area contributed by atoms with Crippen LogP contribution in [0.2, 0.25) is 0 Å². The SMILES string of the molecule is COc1ccc(C(OC(C)C)(c2ccc(OC)cc2)c2cccc(C)c2)cc1. The lowest BCUT2D eigenvalue weighted by atomic mass is 9.79. The molecule has 0 spiro atoms. The molecule has 0 atom stereocenters. The number of hydrogen-bond acceptors (Lipinski definition) is 3. The third kappa shape index (κ3) is 3.90. The Hall–Kier alpha value is -2.78. The molecule has 0 saturated carbocycles. The van der Waals surface area contributed by atoms with Crippen LogP contribution in [0.1, 0.15) is 36.1 Å². The largest absolute Gasteiger partial charge is 0.497 e. The fourth-order valence-corrected chi connectivity index (χ4v) is 3.57. The lowest BCUT2D eigenvalue weighted by molar-refractivity contribution is -0.0294. The van der Waals surface area contributed by atoms with Crippen LogP contribution < -0.4 is 9.47 Å². The molecule has 28 heavy (non-hydrogen) atoms. The second kappa shape index (κ2) is 8.49. The predicted molar refractivity (Wildman–Crippen MR) is 113 cm³/mol. The monoisotopic (exact) mass is 376 g/mol. The molecule has 0 heterocycles. The summed E-state index contributed by atoms with van der Waals surface area (Å²) in [6.45, 7) is 6.24. The van der Waals surface area contributed by atoms with E-state index in [1.807, 2.05) is 24.3 Å². The average Bonchev–Trinajstić information content (AvgIpc) is 2.72. The van der Waals surface area contributed by atoms with Crippen molar-refractivity contribution in [3.63, 3.8) is 0 Å². The van der Waals surface area contributed by atoms with E-state index >= 15 is 0 Å². The van der Waals surface area contributed by atoms with Crippen molar-refractivity contribution in [2.24, 2.45) is 0 Å². The fraction of sp³-hybridized carbons (Fsp3) is 0.280. The molecule has 0 aliphatic carbocycles. The summed E-state index contributed by atoms with van der Waals surface area (Å²) in [6.07, 6.45) is 0.0183. The molecule has 0 unspecified atom stereocenters. The summed E-state index contributed by atoms with van der Waals surface area (Å²) in [5, 5.41) is 0. The summed E-state index contributed by atoms with van der Waals surface area (Å²) < 4.78 is 17.4. The molecule has 0 saturated heterocycles. The van der Waals surface area contributed by atoms with E-state index in [1.54, 1.807) is 14.2 Å². The van der Waals surface area contributed by atoms with Gasteiger partial charge in [0.25, 0.3) is 0 Å². The maximum atomic E-state index is 6.72. The summed E-state index contributed by atoms with van der Waals surface area (Å²) in [5.74, 6) is 1.64. The molecule has 0 aliphatic heterocycles. The first-order valence-electron chi connectivity index (χ1n) is 9.53. The van der Waals surface area contributed by atoms with Crippen LogP contribution in [0.25, 0.3) is 0 Å². The first kappa shape index (κ1) is 20.0. The highest BCUT2D eigenvalue weighted by atomic mass is 16.5. The second-order valence-electron chi connectivity index (χ2n) is 7.17. The van der Waals surface area contributed by atoms with Crippen molar-refractivity contribution in [3.05, 3.63) is 95.1 Å². The lowest BCUT2D eigenvalue weighted by Crippen LogP contribution is -2.35. The van der Waals surface area contributed by atoms with Gasteiger partial charge in [0, 0.05) is 0 Å². The number of hydrogen-bond donors (Lipinski definition) is 0. The van der Waals surface area contributed by atoms with Gasteiger partial charge in [0.1, 0.15) is 17.1 Å². The topological polar surface area (TPSA) is 27.7 Å². The van der Waals surface area contributed by atoms with Crippen LogP contribution in [0.15, 0.2) is 72.8 Å². The van der Waals surface area contributed by atoms with E-state index < -0.39 is 5.60 Å². The molecule has 0 bridgehead atoms. The predicted octanol–water partition coefficient (Wildman–Crippen LogP) is 5.73. The first-order valence-corrected chi connectivity index (χ1v) is 9.53. The van der Waals surface area contributed by atoms with Gasteiger partial charge in [-0.3, -0.25) is 0 Å². The minimum Gasteiger partial charge on any atom is -0.497 e. The standard InChI is InChI=1S/C25H28O3/c1-18(2)28-25(22-8-6-7-19(3)17-22,20-9-13-23(26-4)14-10-20)21-11-15-24(27-5)16-12-21/h6-18H,1-5H3. The molecule has 0 radical (unpaired) electrons. The van der Waals surface area contributed by atoms with Crippen molar-refractivity contribution in [2.45, 2.75) is 32.5 Å². The minimum atomic E-state index is -0.737. The quantitative estimate of drug-likeness (QED) is 0.493. The van der Waals surface area contributed by atoms with E-state index in [1.165, 1.54) is 5.56 Å². The molecule has 0 N–H and O–H groups in total. The zero-order valence-electron chi connectivity index (χ0n) is 17.2. The first-order chi connectivity index (χ1) is 13.5. The van der Waals surface area contributed by atoms with Gasteiger partial charge in [-0.05, 0) is 61.7 Å². The molecular weight excluding hydrogens is 348 g/mol. The zero-order valence-corrected chi connectivity index (χ0v) is 17.2. The maximum Gasteiger partial charge on any atom is 0.144 e. The minimum absolute atomic E-state index is 0.0183. The van der Waals surface area contributed by atoms with Gasteiger partial charge in [-0.1, -0.05) is 54.1 Å². The van der Waals surface area contributed by atoms with Gasteiger partial charge in [0.15, 0.2) is 0 Å². The van der Waals surface area contributed by atoms with Gasteiger partial charge < -0.3 is 14.2 Å². The Morgan fingerprint density at radius 3 is 1.57 bits per heavy atom. The highest BCUT2D eigenvalue weighted by molar-refractivity contribution is 5.50. The fourth-order valence-electron chi connectivity index (χ4n) is 3.57. The highest BCUT2D eigenvalue weighted by Crippen LogP contribution is 2.42. The molecule has 0 aromatic heterocycles. The van der Waals surface area contributed by atoms with Crippen molar-refractivity contribution in [1.82, 2.24) is 0 Å². The van der Waals surface area contributed by atoms with Crippen LogP contribution in [-0.4, -0.2) is 20.3 Å². The molecule has 0 amide bonds. The van der Waals surface area contributed by atoms with Crippen LogP contribution in [0, 0.1) is 6.92 Å². The summed E-state index contributed by atoms with van der Waals surface area (Å²) >= 11 is 0. The Bertz CT molecular complexity index is 848. The summed E-state index contributed by atoms with van der Waals surface area (Å²) in [6, 6.07) is 24.7. The highest BCUT2D eigenvalue weighted by Gasteiger charge is 2.38. The molecule has 3 aromatic rings. The van der Waals surface area contributed by atoms with Crippen molar-refractivity contribution in [2.75, 3.05) is 14.2 Å². The second-order valence-corrected chi connectivity index (χ2v) is 7.17. The number of aryl methyl sites for hydroxylation is 1. The number of methoxy groups -OCH3 is 2. The van der Waals surface area contributed by atoms with Crippen LogP contribution in [0.4, 0.5) is 0 Å². The average molecular weight is 376 g/mol. The van der Waals surface area contributed by atoms with Gasteiger partial charge in [0.2, 0.25) is 0 Å². The van der Waals surface area contributed by atoms with Crippen molar-refractivity contribution < 1.29 is 14.2 Å². The third-order valence-corrected chi connectivity index (χ3v) is 4.83. The van der Waals surface area contributed by atoms with E-state index in [0.29, 0.717) is 0 Å². The Balaban J connectivity index is 2.29. The molecular formula is C25H28O3. The van der Waals surface area contributed by atoms with Gasteiger partial charge >= 0.3 is 0 Å².